The number of aliphatic hydroxyl groups is 1. The predicted molar refractivity (Wildman–Crippen MR) is 75.3 cm³/mol. The van der Waals surface area contributed by atoms with Crippen molar-refractivity contribution < 1.29 is 28.2 Å². The standard InChI is InChI=1S/C11H11BrN2O6S/c12-6-3-7-5(2-10(16)14-7)1-9(6)21(19,20)13-4-8(15)11(17)18/h1,3,8,13,15H,2,4H2,(H,14,16)(H,17,18)/t8-/m0/s1. The summed E-state index contributed by atoms with van der Waals surface area (Å²) < 4.78 is 26.5. The summed E-state index contributed by atoms with van der Waals surface area (Å²) in [6.45, 7) is -0.654. The number of sulfonamides is 1. The van der Waals surface area contributed by atoms with E-state index >= 15 is 0 Å². The Morgan fingerprint density at radius 2 is 2.14 bits per heavy atom. The van der Waals surface area contributed by atoms with E-state index < -0.39 is 28.6 Å². The average molecular weight is 379 g/mol. The average Bonchev–Trinajstić information content (AvgIpc) is 2.73. The molecule has 1 aromatic carbocycles. The highest BCUT2D eigenvalue weighted by atomic mass is 79.9. The molecule has 0 bridgehead atoms. The molecule has 21 heavy (non-hydrogen) atoms. The molecule has 1 atom stereocenters. The second kappa shape index (κ2) is 5.72. The van der Waals surface area contributed by atoms with Crippen molar-refractivity contribution in [1.29, 1.82) is 0 Å². The summed E-state index contributed by atoms with van der Waals surface area (Å²) in [6.07, 6.45) is -1.76. The van der Waals surface area contributed by atoms with Gasteiger partial charge in [-0.3, -0.25) is 4.79 Å². The van der Waals surface area contributed by atoms with Crippen LogP contribution in [0.3, 0.4) is 0 Å². The van der Waals surface area contributed by atoms with Crippen LogP contribution >= 0.6 is 15.9 Å². The Hall–Kier alpha value is -1.49. The van der Waals surface area contributed by atoms with Crippen LogP contribution in [0.2, 0.25) is 0 Å². The largest absolute Gasteiger partial charge is 0.479 e. The minimum atomic E-state index is -4.02. The molecule has 1 aliphatic rings. The molecular weight excluding hydrogens is 368 g/mol. The lowest BCUT2D eigenvalue weighted by Crippen LogP contribution is -2.36. The number of rotatable bonds is 5. The highest BCUT2D eigenvalue weighted by Gasteiger charge is 2.26. The van der Waals surface area contributed by atoms with E-state index in [0.29, 0.717) is 11.3 Å². The van der Waals surface area contributed by atoms with Crippen LogP contribution in [0.15, 0.2) is 21.5 Å². The number of nitrogens with one attached hydrogen (secondary N) is 2. The number of anilines is 1. The smallest absolute Gasteiger partial charge is 0.333 e. The van der Waals surface area contributed by atoms with E-state index in [-0.39, 0.29) is 21.7 Å². The summed E-state index contributed by atoms with van der Waals surface area (Å²) in [7, 11) is -4.02. The maximum atomic E-state index is 12.1. The van der Waals surface area contributed by atoms with Crippen molar-refractivity contribution in [3.63, 3.8) is 0 Å². The highest BCUT2D eigenvalue weighted by Crippen LogP contribution is 2.32. The summed E-state index contributed by atoms with van der Waals surface area (Å²) in [5.41, 5.74) is 1.05. The number of amides is 1. The van der Waals surface area contributed by atoms with Gasteiger partial charge in [0.2, 0.25) is 15.9 Å². The molecule has 2 rings (SSSR count). The van der Waals surface area contributed by atoms with E-state index in [1.54, 1.807) is 0 Å². The number of aliphatic carboxylic acids is 1. The number of carboxylic acid groups (broad SMARTS) is 1. The van der Waals surface area contributed by atoms with E-state index in [2.05, 4.69) is 21.2 Å². The monoisotopic (exact) mass is 378 g/mol. The summed E-state index contributed by atoms with van der Waals surface area (Å²) in [5.74, 6) is -1.76. The molecule has 1 heterocycles. The predicted octanol–water partition coefficient (Wildman–Crippen LogP) is -0.333. The maximum absolute atomic E-state index is 12.1. The second-order valence-electron chi connectivity index (χ2n) is 4.37. The number of carbonyl (C=O) groups is 2. The molecule has 0 spiro atoms. The molecule has 0 unspecified atom stereocenters. The number of benzene rings is 1. The zero-order valence-electron chi connectivity index (χ0n) is 10.5. The van der Waals surface area contributed by atoms with Gasteiger partial charge in [-0.1, -0.05) is 0 Å². The normalized spacial score (nSPS) is 15.4. The van der Waals surface area contributed by atoms with Crippen LogP contribution in [0.4, 0.5) is 5.69 Å². The Bertz CT molecular complexity index is 718. The van der Waals surface area contributed by atoms with E-state index in [9.17, 15) is 18.0 Å². The van der Waals surface area contributed by atoms with Gasteiger partial charge in [0.25, 0.3) is 0 Å². The minimum absolute atomic E-state index is 0.0723. The van der Waals surface area contributed by atoms with Crippen LogP contribution in [-0.2, 0) is 26.0 Å². The van der Waals surface area contributed by atoms with Crippen LogP contribution in [0, 0.1) is 0 Å². The highest BCUT2D eigenvalue weighted by molar-refractivity contribution is 9.10. The first-order valence-electron chi connectivity index (χ1n) is 5.73. The Labute approximate surface area is 128 Å². The van der Waals surface area contributed by atoms with Crippen LogP contribution in [0.5, 0.6) is 0 Å². The summed E-state index contributed by atoms with van der Waals surface area (Å²) >= 11 is 3.09. The van der Waals surface area contributed by atoms with Gasteiger partial charge < -0.3 is 15.5 Å². The van der Waals surface area contributed by atoms with Gasteiger partial charge in [0.1, 0.15) is 0 Å². The number of carboxylic acids is 1. The zero-order chi connectivity index (χ0) is 15.8. The van der Waals surface area contributed by atoms with E-state index in [1.165, 1.54) is 12.1 Å². The van der Waals surface area contributed by atoms with Gasteiger partial charge in [0.15, 0.2) is 6.10 Å². The molecule has 1 amide bonds. The van der Waals surface area contributed by atoms with Crippen molar-refractivity contribution in [3.8, 4) is 0 Å². The van der Waals surface area contributed by atoms with Crippen molar-refractivity contribution in [2.75, 3.05) is 11.9 Å². The third kappa shape index (κ3) is 3.40. The fraction of sp³-hybridized carbons (Fsp3) is 0.273. The molecule has 0 aromatic heterocycles. The summed E-state index contributed by atoms with van der Waals surface area (Å²) in [6, 6.07) is 2.79. The van der Waals surface area contributed by atoms with E-state index in [1.807, 2.05) is 4.72 Å². The van der Waals surface area contributed by atoms with Crippen molar-refractivity contribution in [1.82, 2.24) is 4.72 Å². The number of carbonyl (C=O) groups excluding carboxylic acids is 1. The third-order valence-electron chi connectivity index (χ3n) is 2.82. The summed E-state index contributed by atoms with van der Waals surface area (Å²) in [4.78, 5) is 21.6. The first-order chi connectivity index (χ1) is 9.70. The van der Waals surface area contributed by atoms with Crippen LogP contribution < -0.4 is 10.0 Å². The van der Waals surface area contributed by atoms with Gasteiger partial charge in [-0.05, 0) is 33.6 Å². The molecule has 0 fully saturated rings. The summed E-state index contributed by atoms with van der Waals surface area (Å²) in [5, 5.41) is 20.2. The Kier molecular flexibility index (Phi) is 4.33. The molecule has 1 aliphatic heterocycles. The van der Waals surface area contributed by atoms with Crippen molar-refractivity contribution in [3.05, 3.63) is 22.2 Å². The minimum Gasteiger partial charge on any atom is -0.479 e. The van der Waals surface area contributed by atoms with Crippen molar-refractivity contribution >= 4 is 43.5 Å². The third-order valence-corrected chi connectivity index (χ3v) is 5.21. The van der Waals surface area contributed by atoms with Crippen LogP contribution in [0.1, 0.15) is 5.56 Å². The topological polar surface area (TPSA) is 133 Å². The molecule has 1 aromatic rings. The number of hydrogen-bond donors (Lipinski definition) is 4. The molecule has 0 aliphatic carbocycles. The molecule has 8 nitrogen and oxygen atoms in total. The second-order valence-corrected chi connectivity index (χ2v) is 6.96. The van der Waals surface area contributed by atoms with Gasteiger partial charge in [-0.15, -0.1) is 0 Å². The molecular formula is C11H11BrN2O6S. The van der Waals surface area contributed by atoms with Crippen LogP contribution in [-0.4, -0.2) is 43.2 Å². The van der Waals surface area contributed by atoms with Gasteiger partial charge in [-0.25, -0.2) is 17.9 Å². The van der Waals surface area contributed by atoms with Crippen molar-refractivity contribution in [2.24, 2.45) is 0 Å². The Morgan fingerprint density at radius 3 is 2.76 bits per heavy atom. The first kappa shape index (κ1) is 15.9. The molecule has 0 saturated carbocycles. The fourth-order valence-electron chi connectivity index (χ4n) is 1.79. The SMILES string of the molecule is O=C1Cc2cc(S(=O)(=O)NC[C@H](O)C(=O)O)c(Br)cc2N1. The Balaban J connectivity index is 2.27. The molecule has 114 valence electrons. The quantitative estimate of drug-likeness (QED) is 0.554. The van der Waals surface area contributed by atoms with E-state index in [0.717, 1.165) is 0 Å². The fourth-order valence-corrected chi connectivity index (χ4v) is 3.91. The zero-order valence-corrected chi connectivity index (χ0v) is 12.9. The van der Waals surface area contributed by atoms with Crippen molar-refractivity contribution in [2.45, 2.75) is 17.4 Å². The molecule has 10 heteroatoms. The molecule has 4 N–H and O–H groups in total. The van der Waals surface area contributed by atoms with Crippen LogP contribution in [0.25, 0.3) is 0 Å². The van der Waals surface area contributed by atoms with Gasteiger partial charge >= 0.3 is 5.97 Å². The lowest BCUT2D eigenvalue weighted by atomic mass is 10.2. The molecule has 0 saturated heterocycles. The number of halogens is 1. The van der Waals surface area contributed by atoms with Gasteiger partial charge in [-0.2, -0.15) is 0 Å². The number of hydrogen-bond acceptors (Lipinski definition) is 5. The van der Waals surface area contributed by atoms with E-state index in [4.69, 9.17) is 10.2 Å². The molecule has 0 radical (unpaired) electrons. The number of fused-ring (bicyclic) bond motifs is 1. The first-order valence-corrected chi connectivity index (χ1v) is 8.01. The lowest BCUT2D eigenvalue weighted by molar-refractivity contribution is -0.146. The van der Waals surface area contributed by atoms with Gasteiger partial charge in [0, 0.05) is 16.7 Å². The number of aliphatic hydroxyl groups excluding tert-OH is 1. The lowest BCUT2D eigenvalue weighted by Gasteiger charge is -2.11. The Morgan fingerprint density at radius 1 is 1.48 bits per heavy atom. The van der Waals surface area contributed by atoms with Gasteiger partial charge in [0.05, 0.1) is 11.3 Å². The maximum Gasteiger partial charge on any atom is 0.333 e.